The van der Waals surface area contributed by atoms with E-state index in [2.05, 4.69) is 11.8 Å². The van der Waals surface area contributed by atoms with Gasteiger partial charge in [-0.3, -0.25) is 4.79 Å². The molecule has 0 aromatic rings. The molecule has 0 spiro atoms. The smallest absolute Gasteiger partial charge is 0.226 e. The van der Waals surface area contributed by atoms with Gasteiger partial charge in [-0.05, 0) is 19.5 Å². The fraction of sp³-hybridized carbons (Fsp3) is 0.909. The summed E-state index contributed by atoms with van der Waals surface area (Å²) >= 11 is 0. The first-order chi connectivity index (χ1) is 6.65. The summed E-state index contributed by atoms with van der Waals surface area (Å²) in [5, 5.41) is 0. The highest BCUT2D eigenvalue weighted by Gasteiger charge is 2.27. The third-order valence-electron chi connectivity index (χ3n) is 2.51. The maximum absolute atomic E-state index is 11.5. The molecule has 0 bridgehead atoms. The Hall–Kier alpha value is -0.570. The van der Waals surface area contributed by atoms with Crippen molar-refractivity contribution >= 4 is 5.91 Å². The highest BCUT2D eigenvalue weighted by Crippen LogP contribution is 2.16. The monoisotopic (exact) mass is 200 g/mol. The lowest BCUT2D eigenvalue weighted by atomic mass is 10.1. The zero-order valence-corrected chi connectivity index (χ0v) is 10.2. The van der Waals surface area contributed by atoms with Crippen LogP contribution in [0, 0.1) is 5.92 Å². The van der Waals surface area contributed by atoms with E-state index in [0.29, 0.717) is 0 Å². The van der Waals surface area contributed by atoms with E-state index in [9.17, 15) is 4.79 Å². The average molecular weight is 200 g/mol. The van der Waals surface area contributed by atoms with E-state index >= 15 is 0 Å². The van der Waals surface area contributed by atoms with Crippen molar-refractivity contribution in [3.63, 3.8) is 0 Å². The molecule has 1 aliphatic rings. The summed E-state index contributed by atoms with van der Waals surface area (Å²) in [6.07, 6.45) is 1.03. The fourth-order valence-corrected chi connectivity index (χ4v) is 1.69. The molecule has 84 valence electrons. The molecule has 0 saturated carbocycles. The van der Waals surface area contributed by atoms with Crippen molar-refractivity contribution in [2.45, 2.75) is 27.2 Å². The van der Waals surface area contributed by atoms with Crippen molar-refractivity contribution in [1.29, 1.82) is 0 Å². The lowest BCUT2D eigenvalue weighted by molar-refractivity contribution is -0.132. The van der Waals surface area contributed by atoms with E-state index in [0.717, 1.165) is 26.1 Å². The molecular weight excluding hydrogens is 176 g/mol. The number of rotatable bonds is 2. The van der Waals surface area contributed by atoms with Crippen LogP contribution in [-0.4, -0.2) is 49.4 Å². The van der Waals surface area contributed by atoms with Crippen LogP contribution >= 0.6 is 0 Å². The molecule has 1 atom stereocenters. The van der Waals surface area contributed by atoms with Gasteiger partial charge in [-0.15, -0.1) is 0 Å². The second-order valence-corrected chi connectivity index (χ2v) is 3.61. The van der Waals surface area contributed by atoms with Crippen molar-refractivity contribution in [3.8, 4) is 0 Å². The third kappa shape index (κ3) is 3.66. The van der Waals surface area contributed by atoms with Crippen LogP contribution in [-0.2, 0) is 4.79 Å². The first-order valence-corrected chi connectivity index (χ1v) is 5.58. The van der Waals surface area contributed by atoms with Gasteiger partial charge >= 0.3 is 0 Å². The van der Waals surface area contributed by atoms with Crippen LogP contribution in [0.3, 0.4) is 0 Å². The number of hydrogen-bond acceptors (Lipinski definition) is 2. The second-order valence-electron chi connectivity index (χ2n) is 3.61. The molecule has 1 aliphatic heterocycles. The van der Waals surface area contributed by atoms with Crippen LogP contribution in [0.1, 0.15) is 27.2 Å². The minimum absolute atomic E-state index is 0.250. The highest BCUT2D eigenvalue weighted by molar-refractivity contribution is 5.78. The molecule has 0 aromatic heterocycles. The predicted molar refractivity (Wildman–Crippen MR) is 60.3 cm³/mol. The SMILES string of the molecule is CC.CCN1CCC(C(=O)N(C)C)C1. The molecule has 1 amide bonds. The molecule has 14 heavy (non-hydrogen) atoms. The van der Waals surface area contributed by atoms with Crippen molar-refractivity contribution in [2.24, 2.45) is 5.92 Å². The van der Waals surface area contributed by atoms with Crippen LogP contribution in [0.2, 0.25) is 0 Å². The molecule has 1 unspecified atom stereocenters. The third-order valence-corrected chi connectivity index (χ3v) is 2.51. The zero-order chi connectivity index (χ0) is 11.1. The molecule has 3 nitrogen and oxygen atoms in total. The van der Waals surface area contributed by atoms with Crippen LogP contribution in [0.4, 0.5) is 0 Å². The Morgan fingerprint density at radius 2 is 2.00 bits per heavy atom. The highest BCUT2D eigenvalue weighted by atomic mass is 16.2. The summed E-state index contributed by atoms with van der Waals surface area (Å²) in [7, 11) is 3.66. The summed E-state index contributed by atoms with van der Waals surface area (Å²) in [4.78, 5) is 15.5. The number of carbonyl (C=O) groups is 1. The molecule has 0 radical (unpaired) electrons. The van der Waals surface area contributed by atoms with Gasteiger partial charge in [0, 0.05) is 20.6 Å². The van der Waals surface area contributed by atoms with Gasteiger partial charge in [0.15, 0.2) is 0 Å². The minimum Gasteiger partial charge on any atom is -0.349 e. The number of carbonyl (C=O) groups excluding carboxylic acids is 1. The van der Waals surface area contributed by atoms with E-state index in [-0.39, 0.29) is 11.8 Å². The Morgan fingerprint density at radius 1 is 1.43 bits per heavy atom. The van der Waals surface area contributed by atoms with E-state index in [4.69, 9.17) is 0 Å². The van der Waals surface area contributed by atoms with Gasteiger partial charge in [0.25, 0.3) is 0 Å². The van der Waals surface area contributed by atoms with Crippen molar-refractivity contribution < 1.29 is 4.79 Å². The Morgan fingerprint density at radius 3 is 2.36 bits per heavy atom. The topological polar surface area (TPSA) is 23.6 Å². The van der Waals surface area contributed by atoms with Crippen molar-refractivity contribution in [1.82, 2.24) is 9.80 Å². The number of hydrogen-bond donors (Lipinski definition) is 0. The summed E-state index contributed by atoms with van der Waals surface area (Å²) < 4.78 is 0. The van der Waals surface area contributed by atoms with Crippen molar-refractivity contribution in [3.05, 3.63) is 0 Å². The lowest BCUT2D eigenvalue weighted by Gasteiger charge is -2.16. The Labute approximate surface area is 88.1 Å². The van der Waals surface area contributed by atoms with Gasteiger partial charge in [-0.2, -0.15) is 0 Å². The number of nitrogens with zero attached hydrogens (tertiary/aromatic N) is 2. The van der Waals surface area contributed by atoms with E-state index in [1.165, 1.54) is 0 Å². The quantitative estimate of drug-likeness (QED) is 0.673. The Balaban J connectivity index is 0.000000791. The van der Waals surface area contributed by atoms with Gasteiger partial charge in [-0.25, -0.2) is 0 Å². The molecule has 3 heteroatoms. The normalized spacial score (nSPS) is 21.4. The molecule has 1 heterocycles. The summed E-state index contributed by atoms with van der Waals surface area (Å²) in [5.41, 5.74) is 0. The van der Waals surface area contributed by atoms with Gasteiger partial charge in [-0.1, -0.05) is 20.8 Å². The molecule has 0 N–H and O–H groups in total. The minimum atomic E-state index is 0.250. The van der Waals surface area contributed by atoms with Gasteiger partial charge in [0.1, 0.15) is 0 Å². The summed E-state index contributed by atoms with van der Waals surface area (Å²) in [6, 6.07) is 0. The summed E-state index contributed by atoms with van der Waals surface area (Å²) in [5.74, 6) is 0.533. The maximum atomic E-state index is 11.5. The lowest BCUT2D eigenvalue weighted by Crippen LogP contribution is -2.31. The molecule has 1 rings (SSSR count). The van der Waals surface area contributed by atoms with Crippen LogP contribution < -0.4 is 0 Å². The number of amides is 1. The Kier molecular flexibility index (Phi) is 6.54. The largest absolute Gasteiger partial charge is 0.349 e. The standard InChI is InChI=1S/C9H18N2O.C2H6/c1-4-11-6-5-8(7-11)9(12)10(2)3;1-2/h8H,4-7H2,1-3H3;1-2H3. The second kappa shape index (κ2) is 6.82. The van der Waals surface area contributed by atoms with E-state index < -0.39 is 0 Å². The zero-order valence-electron chi connectivity index (χ0n) is 10.2. The molecule has 1 fully saturated rings. The first kappa shape index (κ1) is 13.4. The molecule has 0 aromatic carbocycles. The first-order valence-electron chi connectivity index (χ1n) is 5.58. The summed E-state index contributed by atoms with van der Waals surface area (Å²) in [6.45, 7) is 9.24. The molecular formula is C11H24N2O. The van der Waals surface area contributed by atoms with Crippen LogP contribution in [0.5, 0.6) is 0 Å². The Bertz CT molecular complexity index is 169. The van der Waals surface area contributed by atoms with E-state index in [1.807, 2.05) is 27.9 Å². The predicted octanol–water partition coefficient (Wildman–Crippen LogP) is 1.44. The van der Waals surface area contributed by atoms with Crippen molar-refractivity contribution in [2.75, 3.05) is 33.7 Å². The molecule has 1 saturated heterocycles. The van der Waals surface area contributed by atoms with E-state index in [1.54, 1.807) is 4.90 Å². The van der Waals surface area contributed by atoms with Gasteiger partial charge < -0.3 is 9.80 Å². The van der Waals surface area contributed by atoms with Gasteiger partial charge in [0.05, 0.1) is 5.92 Å². The van der Waals surface area contributed by atoms with Crippen LogP contribution in [0.25, 0.3) is 0 Å². The number of likely N-dealkylation sites (tertiary alicyclic amines) is 1. The molecule has 0 aliphatic carbocycles. The van der Waals surface area contributed by atoms with Gasteiger partial charge in [0.2, 0.25) is 5.91 Å². The fourth-order valence-electron chi connectivity index (χ4n) is 1.69. The average Bonchev–Trinajstić information content (AvgIpc) is 2.67. The van der Waals surface area contributed by atoms with Crippen LogP contribution in [0.15, 0.2) is 0 Å². The maximum Gasteiger partial charge on any atom is 0.226 e.